The van der Waals surface area contributed by atoms with Crippen molar-refractivity contribution in [1.29, 1.82) is 0 Å². The van der Waals surface area contributed by atoms with Crippen LogP contribution in [0.4, 0.5) is 0 Å². The topological polar surface area (TPSA) is 77.6 Å². The molecule has 0 radical (unpaired) electrons. The largest absolute Gasteiger partial charge is 0.316 e. The van der Waals surface area contributed by atoms with Crippen LogP contribution in [-0.2, 0) is 0 Å². The second-order valence-electron chi connectivity index (χ2n) is 9.10. The number of nitrogens with two attached hydrogens (primary N) is 2. The van der Waals surface area contributed by atoms with Gasteiger partial charge < -0.3 is 5.32 Å². The van der Waals surface area contributed by atoms with Crippen LogP contribution in [-0.4, -0.2) is 53.2 Å². The molecule has 0 bridgehead atoms. The predicted molar refractivity (Wildman–Crippen MR) is 132 cm³/mol. The molecule has 2 saturated carbocycles. The van der Waals surface area contributed by atoms with Gasteiger partial charge in [0, 0.05) is 47.8 Å². The maximum Gasteiger partial charge on any atom is 0.240 e. The van der Waals surface area contributed by atoms with Gasteiger partial charge >= 0.3 is 0 Å². The fourth-order valence-corrected chi connectivity index (χ4v) is 6.54. The van der Waals surface area contributed by atoms with Crippen molar-refractivity contribution in [2.75, 3.05) is 31.1 Å². The van der Waals surface area contributed by atoms with Crippen LogP contribution in [0.2, 0.25) is 0 Å². The summed E-state index contributed by atoms with van der Waals surface area (Å²) in [5.41, 5.74) is 7.26. The lowest BCUT2D eigenvalue weighted by Gasteiger charge is -2.33. The van der Waals surface area contributed by atoms with Gasteiger partial charge in [0.25, 0.3) is 0 Å². The zero-order chi connectivity index (χ0) is 20.9. The van der Waals surface area contributed by atoms with E-state index in [-0.39, 0.29) is 0 Å². The highest BCUT2D eigenvalue weighted by Gasteiger charge is 2.27. The normalized spacial score (nSPS) is 26.8. The minimum atomic E-state index is 0.891. The summed E-state index contributed by atoms with van der Waals surface area (Å²) >= 11 is 4.26. The van der Waals surface area contributed by atoms with Crippen molar-refractivity contribution in [3.8, 4) is 0 Å². The van der Waals surface area contributed by atoms with Crippen LogP contribution < -0.4 is 21.5 Å². The summed E-state index contributed by atoms with van der Waals surface area (Å²) < 4.78 is 0. The molecule has 0 aromatic heterocycles. The van der Waals surface area contributed by atoms with E-state index in [2.05, 4.69) is 47.7 Å². The Labute approximate surface area is 187 Å². The van der Waals surface area contributed by atoms with E-state index in [1.807, 2.05) is 0 Å². The van der Waals surface area contributed by atoms with Gasteiger partial charge in [-0.3, -0.25) is 16.1 Å². The van der Waals surface area contributed by atoms with Crippen LogP contribution in [0, 0.1) is 11.8 Å². The molecule has 6 N–H and O–H groups in total. The SMILES string of the molecule is CC1CCC1SCCNCCCC(=[NH2+])CCCCC(N)=[NH+]CCSC1CCC1C. The standard InChI is InChI=1S/C23H44N4S2/c1-18-9-11-21(18)28-16-14-26-13-5-7-20(24)6-3-4-8-23(25)27-15-17-29-22-12-10-19(22)2/h18-19,21-22,24,26H,3-17H2,1-2H3,(H2,25,27)/p+2. The third-order valence-electron chi connectivity index (χ3n) is 6.52. The first-order valence-electron chi connectivity index (χ1n) is 12.0. The Morgan fingerprint density at radius 1 is 0.897 bits per heavy atom. The Bertz CT molecular complexity index is 497. The summed E-state index contributed by atoms with van der Waals surface area (Å²) in [7, 11) is 0. The van der Waals surface area contributed by atoms with Gasteiger partial charge in [0.15, 0.2) is 0 Å². The molecule has 2 aliphatic rings. The molecule has 2 aliphatic carbocycles. The van der Waals surface area contributed by atoms with Crippen molar-refractivity contribution in [1.82, 2.24) is 5.32 Å². The molecule has 6 heteroatoms. The van der Waals surface area contributed by atoms with E-state index in [1.165, 1.54) is 37.2 Å². The summed E-state index contributed by atoms with van der Waals surface area (Å²) in [5.74, 6) is 5.22. The highest BCUT2D eigenvalue weighted by atomic mass is 32.2. The van der Waals surface area contributed by atoms with E-state index in [4.69, 9.17) is 11.1 Å². The molecular weight excluding hydrogens is 396 g/mol. The van der Waals surface area contributed by atoms with Crippen molar-refractivity contribution >= 4 is 35.1 Å². The van der Waals surface area contributed by atoms with Crippen molar-refractivity contribution in [2.24, 2.45) is 17.6 Å². The summed E-state index contributed by atoms with van der Waals surface area (Å²) in [5, 5.41) is 11.6. The van der Waals surface area contributed by atoms with Crippen molar-refractivity contribution in [2.45, 2.75) is 88.6 Å². The van der Waals surface area contributed by atoms with Crippen LogP contribution in [0.25, 0.3) is 0 Å². The van der Waals surface area contributed by atoms with Crippen LogP contribution in [0.15, 0.2) is 0 Å². The van der Waals surface area contributed by atoms with E-state index in [1.54, 1.807) is 0 Å². The molecule has 0 aromatic carbocycles. The molecule has 0 heterocycles. The fourth-order valence-electron chi connectivity index (χ4n) is 3.92. The Morgan fingerprint density at radius 3 is 2.14 bits per heavy atom. The molecule has 0 amide bonds. The number of thioether (sulfide) groups is 2. The van der Waals surface area contributed by atoms with Gasteiger partial charge in [-0.05, 0) is 63.3 Å². The monoisotopic (exact) mass is 442 g/mol. The second-order valence-corrected chi connectivity index (χ2v) is 11.8. The maximum absolute atomic E-state index is 6.20. The van der Waals surface area contributed by atoms with Crippen LogP contribution in [0.3, 0.4) is 0 Å². The Morgan fingerprint density at radius 2 is 1.52 bits per heavy atom. The minimum Gasteiger partial charge on any atom is -0.316 e. The molecular formula is C23H46N4S2+2. The summed E-state index contributed by atoms with van der Waals surface area (Å²) in [6, 6.07) is 0. The van der Waals surface area contributed by atoms with Crippen LogP contribution in [0.5, 0.6) is 0 Å². The maximum atomic E-state index is 6.20. The Balaban J connectivity index is 1.33. The third-order valence-corrected chi connectivity index (χ3v) is 9.66. The van der Waals surface area contributed by atoms with Gasteiger partial charge in [-0.1, -0.05) is 13.8 Å². The number of rotatable bonds is 17. The molecule has 0 aliphatic heterocycles. The van der Waals surface area contributed by atoms with E-state index in [0.29, 0.717) is 0 Å². The van der Waals surface area contributed by atoms with Crippen molar-refractivity contribution < 1.29 is 10.4 Å². The molecule has 0 aromatic rings. The minimum absolute atomic E-state index is 0.891. The van der Waals surface area contributed by atoms with E-state index < -0.39 is 0 Å². The molecule has 4 unspecified atom stereocenters. The number of hydrogen-bond donors (Lipinski definition) is 4. The van der Waals surface area contributed by atoms with Crippen molar-refractivity contribution in [3.05, 3.63) is 0 Å². The number of amidine groups is 1. The average Bonchev–Trinajstić information content (AvgIpc) is 2.70. The first-order chi connectivity index (χ1) is 14.1. The lowest BCUT2D eigenvalue weighted by atomic mass is 9.87. The highest BCUT2D eigenvalue weighted by Crippen LogP contribution is 2.37. The summed E-state index contributed by atoms with van der Waals surface area (Å²) in [6.45, 7) is 7.97. The zero-order valence-corrected chi connectivity index (χ0v) is 20.5. The lowest BCUT2D eigenvalue weighted by molar-refractivity contribution is -0.453. The van der Waals surface area contributed by atoms with E-state index in [9.17, 15) is 0 Å². The summed E-state index contributed by atoms with van der Waals surface area (Å²) in [4.78, 5) is 3.39. The highest BCUT2D eigenvalue weighted by molar-refractivity contribution is 8.00. The Hall–Kier alpha value is -0.200. The predicted octanol–water partition coefficient (Wildman–Crippen LogP) is 1.62. The summed E-state index contributed by atoms with van der Waals surface area (Å²) in [6.07, 6.45) is 12.2. The van der Waals surface area contributed by atoms with E-state index in [0.717, 1.165) is 92.0 Å². The number of nitrogens with one attached hydrogen (secondary N) is 2. The molecule has 4 nitrogen and oxygen atoms in total. The van der Waals surface area contributed by atoms with Gasteiger partial charge in [0.1, 0.15) is 5.71 Å². The molecule has 2 fully saturated rings. The van der Waals surface area contributed by atoms with Crippen LogP contribution >= 0.6 is 23.5 Å². The van der Waals surface area contributed by atoms with Gasteiger partial charge in [-0.15, -0.1) is 0 Å². The number of hydrogen-bond acceptors (Lipinski definition) is 3. The van der Waals surface area contributed by atoms with Crippen LogP contribution in [0.1, 0.15) is 78.1 Å². The van der Waals surface area contributed by atoms with Gasteiger partial charge in [0.05, 0.1) is 6.54 Å². The Kier molecular flexibility index (Phi) is 12.7. The lowest BCUT2D eigenvalue weighted by Crippen LogP contribution is -2.76. The molecule has 0 saturated heterocycles. The first-order valence-corrected chi connectivity index (χ1v) is 14.0. The number of unbranched alkanes of at least 4 members (excludes halogenated alkanes) is 1. The van der Waals surface area contributed by atoms with Gasteiger partial charge in [-0.25, -0.2) is 0 Å². The second kappa shape index (κ2) is 14.7. The molecule has 4 atom stereocenters. The first kappa shape index (κ1) is 25.1. The molecule has 168 valence electrons. The molecule has 2 rings (SSSR count). The zero-order valence-electron chi connectivity index (χ0n) is 18.9. The van der Waals surface area contributed by atoms with E-state index >= 15 is 0 Å². The fraction of sp³-hybridized carbons (Fsp3) is 0.913. The smallest absolute Gasteiger partial charge is 0.240 e. The molecule has 29 heavy (non-hydrogen) atoms. The van der Waals surface area contributed by atoms with Gasteiger partial charge in [0.2, 0.25) is 5.84 Å². The third kappa shape index (κ3) is 10.6. The quantitative estimate of drug-likeness (QED) is 0.157. The average molecular weight is 443 g/mol. The molecule has 0 spiro atoms. The van der Waals surface area contributed by atoms with Gasteiger partial charge in [-0.2, -0.15) is 23.5 Å². The van der Waals surface area contributed by atoms with Crippen molar-refractivity contribution in [3.63, 3.8) is 0 Å².